The average molecular weight is 769 g/mol. The molecule has 0 bridgehead atoms. The van der Waals surface area contributed by atoms with Crippen LogP contribution in [0.1, 0.15) is 199 Å². The number of aromatic nitrogens is 1. The molecule has 0 radical (unpaired) electrons. The lowest BCUT2D eigenvalue weighted by Gasteiger charge is -2.25. The van der Waals surface area contributed by atoms with Gasteiger partial charge in [0, 0.05) is 30.9 Å². The van der Waals surface area contributed by atoms with Crippen LogP contribution < -0.4 is 9.47 Å². The zero-order chi connectivity index (χ0) is 39.5. The summed E-state index contributed by atoms with van der Waals surface area (Å²) in [6.45, 7) is 6.97. The van der Waals surface area contributed by atoms with Gasteiger partial charge in [0.25, 0.3) is 5.69 Å². The molecule has 0 saturated carbocycles. The quantitative estimate of drug-likeness (QED) is 0.0238. The molecule has 0 N–H and O–H groups in total. The Hall–Kier alpha value is -2.40. The molecule has 54 heavy (non-hydrogen) atoms. The Morgan fingerprint density at radius 3 is 1.24 bits per heavy atom. The summed E-state index contributed by atoms with van der Waals surface area (Å²) >= 11 is 0. The van der Waals surface area contributed by atoms with Crippen molar-refractivity contribution in [1.29, 1.82) is 0 Å². The average Bonchev–Trinajstić information content (AvgIpc) is 3.17. The van der Waals surface area contributed by atoms with Crippen molar-refractivity contribution in [3.05, 3.63) is 48.3 Å². The molecule has 0 spiro atoms. The van der Waals surface area contributed by atoms with E-state index in [1.165, 1.54) is 210 Å². The van der Waals surface area contributed by atoms with Crippen LogP contribution in [0.4, 0.5) is 5.69 Å². The highest BCUT2D eigenvalue weighted by molar-refractivity contribution is 7.80. The normalized spacial score (nSPS) is 11.3. The Balaban J connectivity index is 0.00000223. The minimum absolute atomic E-state index is 0.808. The second-order valence-electron chi connectivity index (χ2n) is 15.4. The van der Waals surface area contributed by atoms with Crippen LogP contribution in [0.25, 0.3) is 11.1 Å². The van der Waals surface area contributed by atoms with E-state index in [1.54, 1.807) is 0 Å². The minimum atomic E-state index is -4.41. The van der Waals surface area contributed by atoms with E-state index in [4.69, 9.17) is 6.42 Å². The molecule has 308 valence electrons. The van der Waals surface area contributed by atoms with Gasteiger partial charge in [0.2, 0.25) is 10.4 Å². The molecule has 0 fully saturated rings. The van der Waals surface area contributed by atoms with Crippen LogP contribution in [-0.4, -0.2) is 33.2 Å². The van der Waals surface area contributed by atoms with Crippen molar-refractivity contribution in [2.75, 3.05) is 25.1 Å². The van der Waals surface area contributed by atoms with Gasteiger partial charge in [0.15, 0.2) is 6.20 Å². The van der Waals surface area contributed by atoms with Crippen molar-refractivity contribution >= 4 is 16.1 Å². The third kappa shape index (κ3) is 27.2. The fourth-order valence-corrected chi connectivity index (χ4v) is 7.12. The predicted octanol–water partition coefficient (Wildman–Crippen LogP) is 13.0. The Bertz CT molecular complexity index is 1270. The molecule has 0 aliphatic heterocycles. The maximum Gasteiger partial charge on any atom is 0.256 e. The molecule has 0 aliphatic rings. The lowest BCUT2D eigenvalue weighted by atomic mass is 10.0. The first kappa shape index (κ1) is 49.6. The first-order valence-electron chi connectivity index (χ1n) is 22.1. The Kier molecular flexibility index (Phi) is 31.1. The third-order valence-corrected chi connectivity index (χ3v) is 11.0. The summed E-state index contributed by atoms with van der Waals surface area (Å²) in [6, 6.07) is 13.5. The zero-order valence-electron chi connectivity index (χ0n) is 35.3. The van der Waals surface area contributed by atoms with Crippen molar-refractivity contribution in [1.82, 2.24) is 0 Å². The molecule has 1 heterocycles. The molecule has 2 rings (SSSR count). The van der Waals surface area contributed by atoms with Gasteiger partial charge in [-0.3, -0.25) is 4.18 Å². The Morgan fingerprint density at radius 2 is 0.926 bits per heavy atom. The van der Waals surface area contributed by atoms with Crippen LogP contribution in [0, 0.1) is 12.3 Å². The minimum Gasteiger partial charge on any atom is -0.726 e. The lowest BCUT2D eigenvalue weighted by molar-refractivity contribution is -0.673. The van der Waals surface area contributed by atoms with Crippen LogP contribution in [0.2, 0.25) is 0 Å². The summed E-state index contributed by atoms with van der Waals surface area (Å²) in [5.41, 5.74) is 4.72. The Morgan fingerprint density at radius 1 is 0.593 bits per heavy atom. The molecule has 2 aromatic rings. The molecule has 0 unspecified atom stereocenters. The van der Waals surface area contributed by atoms with Gasteiger partial charge >= 0.3 is 0 Å². The number of anilines is 1. The number of benzene rings is 1. The van der Waals surface area contributed by atoms with Crippen molar-refractivity contribution in [2.24, 2.45) is 7.05 Å². The van der Waals surface area contributed by atoms with Crippen molar-refractivity contribution in [3.8, 4) is 23.5 Å². The fourth-order valence-electron chi connectivity index (χ4n) is 7.12. The predicted molar refractivity (Wildman–Crippen MR) is 231 cm³/mol. The van der Waals surface area contributed by atoms with Gasteiger partial charge in [-0.25, -0.2) is 8.42 Å². The Labute approximate surface area is 334 Å². The molecular formula is C47H80N2O4S. The highest BCUT2D eigenvalue weighted by atomic mass is 32.3. The molecule has 0 amide bonds. The van der Waals surface area contributed by atoms with Gasteiger partial charge in [0.1, 0.15) is 7.05 Å². The molecule has 7 heteroatoms. The second-order valence-corrected chi connectivity index (χ2v) is 16.5. The summed E-state index contributed by atoms with van der Waals surface area (Å²) in [5, 5.41) is 0. The van der Waals surface area contributed by atoms with Crippen LogP contribution in [0.3, 0.4) is 0 Å². The number of unbranched alkanes of at least 4 members (excludes halogenated alkanes) is 26. The third-order valence-electron chi connectivity index (χ3n) is 10.6. The monoisotopic (exact) mass is 769 g/mol. The molecule has 6 nitrogen and oxygen atoms in total. The van der Waals surface area contributed by atoms with Gasteiger partial charge in [0.05, 0.1) is 7.11 Å². The van der Waals surface area contributed by atoms with Crippen LogP contribution in [-0.2, 0) is 21.6 Å². The molecule has 0 aliphatic carbocycles. The van der Waals surface area contributed by atoms with E-state index in [0.29, 0.717) is 0 Å². The molecule has 0 saturated heterocycles. The smallest absolute Gasteiger partial charge is 0.256 e. The van der Waals surface area contributed by atoms with E-state index < -0.39 is 10.4 Å². The van der Waals surface area contributed by atoms with Crippen molar-refractivity contribution in [2.45, 2.75) is 194 Å². The number of pyridine rings is 1. The zero-order valence-corrected chi connectivity index (χ0v) is 36.1. The fraction of sp³-hybridized carbons (Fsp3) is 0.723. The van der Waals surface area contributed by atoms with Crippen LogP contribution >= 0.6 is 0 Å². The van der Waals surface area contributed by atoms with E-state index in [-0.39, 0.29) is 0 Å². The number of aryl methyl sites for hydroxylation is 1. The summed E-state index contributed by atoms with van der Waals surface area (Å²) in [4.78, 5) is 2.67. The standard InChI is InChI=1S/C46H77N2.CH4O4S/c1-5-8-10-12-14-16-18-20-22-24-26-28-30-32-39-48(40-33-31-29-27-25-23-21-19-17-15-13-11-9-6-2)46-36-34-43(35-37-46)44-38-41-47(4)45(7-3)42-44;1-5-6(2,3)4/h3,34-38,41-42H,5-6,8-33,39-40H2,1-2,4H3;1H3,(H,2,3,4)/q+1;/p-1. The van der Waals surface area contributed by atoms with E-state index >= 15 is 0 Å². The molecule has 1 aromatic heterocycles. The van der Waals surface area contributed by atoms with Crippen LogP contribution in [0.15, 0.2) is 42.6 Å². The van der Waals surface area contributed by atoms with Crippen molar-refractivity contribution < 1.29 is 21.7 Å². The van der Waals surface area contributed by atoms with E-state index in [9.17, 15) is 13.0 Å². The number of nitrogens with zero attached hydrogens (tertiary/aromatic N) is 2. The maximum absolute atomic E-state index is 9.22. The molecular weight excluding hydrogens is 689 g/mol. The largest absolute Gasteiger partial charge is 0.726 e. The van der Waals surface area contributed by atoms with Gasteiger partial charge in [-0.05, 0) is 42.0 Å². The first-order chi connectivity index (χ1) is 26.3. The number of terminal acetylenes is 1. The lowest BCUT2D eigenvalue weighted by Crippen LogP contribution is -2.31. The van der Waals surface area contributed by atoms with Gasteiger partial charge in [-0.15, -0.1) is 6.42 Å². The summed E-state index contributed by atoms with van der Waals surface area (Å²) in [5.74, 6) is 2.81. The number of hydrogen-bond donors (Lipinski definition) is 0. The second kappa shape index (κ2) is 33.9. The van der Waals surface area contributed by atoms with E-state index in [1.807, 2.05) is 11.6 Å². The van der Waals surface area contributed by atoms with Gasteiger partial charge < -0.3 is 9.45 Å². The van der Waals surface area contributed by atoms with E-state index in [0.717, 1.165) is 12.8 Å². The highest BCUT2D eigenvalue weighted by Gasteiger charge is 2.10. The van der Waals surface area contributed by atoms with Crippen molar-refractivity contribution in [3.63, 3.8) is 0 Å². The van der Waals surface area contributed by atoms with Gasteiger partial charge in [-0.2, -0.15) is 4.57 Å². The first-order valence-corrected chi connectivity index (χ1v) is 23.4. The summed E-state index contributed by atoms with van der Waals surface area (Å²) in [7, 11) is -1.60. The number of hydrogen-bond acceptors (Lipinski definition) is 5. The maximum atomic E-state index is 9.22. The number of rotatable bonds is 33. The topological polar surface area (TPSA) is 73.5 Å². The highest BCUT2D eigenvalue weighted by Crippen LogP contribution is 2.25. The van der Waals surface area contributed by atoms with Gasteiger partial charge in [-0.1, -0.05) is 193 Å². The molecule has 0 atom stereocenters. The SMILES string of the molecule is C#Cc1cc(-c2ccc(N(CCCCCCCCCCCCCCCC)CCCCCCCCCCCCCCCC)cc2)cc[n+]1C.COS(=O)(=O)[O-]. The summed E-state index contributed by atoms with van der Waals surface area (Å²) < 4.78 is 33.0. The summed E-state index contributed by atoms with van der Waals surface area (Å²) in [6.07, 6.45) is 47.5. The van der Waals surface area contributed by atoms with Crippen LogP contribution in [0.5, 0.6) is 0 Å². The molecule has 1 aromatic carbocycles. The van der Waals surface area contributed by atoms with E-state index in [2.05, 4.69) is 71.4 Å².